The molecular weight excluding hydrogens is 198 g/mol. The van der Waals surface area contributed by atoms with Gasteiger partial charge in [0.1, 0.15) is 5.82 Å². The lowest BCUT2D eigenvalue weighted by Crippen LogP contribution is -2.39. The van der Waals surface area contributed by atoms with Gasteiger partial charge in [-0.2, -0.15) is 0 Å². The maximum absolute atomic E-state index is 5.79. The van der Waals surface area contributed by atoms with Gasteiger partial charge < -0.3 is 10.6 Å². The summed E-state index contributed by atoms with van der Waals surface area (Å²) in [6.07, 6.45) is 2.47. The van der Waals surface area contributed by atoms with Gasteiger partial charge in [-0.15, -0.1) is 0 Å². The number of hydrogen-bond acceptors (Lipinski definition) is 3. The monoisotopic (exact) mass is 219 g/mol. The Balaban J connectivity index is 2.42. The summed E-state index contributed by atoms with van der Waals surface area (Å²) in [4.78, 5) is 7.07. The smallest absolute Gasteiger partial charge is 0.133 e. The fourth-order valence-electron chi connectivity index (χ4n) is 2.46. The first kappa shape index (κ1) is 11.4. The molecule has 0 atom stereocenters. The number of anilines is 1. The molecule has 0 radical (unpaired) electrons. The van der Waals surface area contributed by atoms with Gasteiger partial charge in [0.25, 0.3) is 0 Å². The third kappa shape index (κ3) is 1.92. The zero-order valence-electron chi connectivity index (χ0n) is 10.5. The Morgan fingerprint density at radius 2 is 2.19 bits per heavy atom. The molecule has 1 aromatic heterocycles. The quantitative estimate of drug-likeness (QED) is 0.829. The fraction of sp³-hybridized carbons (Fsp3) is 0.615. The number of aryl methyl sites for hydroxylation is 1. The molecule has 2 rings (SSSR count). The summed E-state index contributed by atoms with van der Waals surface area (Å²) in [7, 11) is 0. The van der Waals surface area contributed by atoms with Crippen LogP contribution in [0.3, 0.4) is 0 Å². The van der Waals surface area contributed by atoms with Gasteiger partial charge in [0, 0.05) is 29.9 Å². The van der Waals surface area contributed by atoms with Crippen molar-refractivity contribution in [2.75, 3.05) is 11.4 Å². The van der Waals surface area contributed by atoms with E-state index >= 15 is 0 Å². The zero-order chi connectivity index (χ0) is 11.8. The van der Waals surface area contributed by atoms with E-state index in [0.717, 1.165) is 23.6 Å². The summed E-state index contributed by atoms with van der Waals surface area (Å²) in [5.74, 6) is 1.09. The minimum atomic E-state index is 0.213. The predicted octanol–water partition coefficient (Wildman–Crippen LogP) is 2.23. The Hall–Kier alpha value is -1.09. The van der Waals surface area contributed by atoms with Gasteiger partial charge in [-0.1, -0.05) is 6.07 Å². The van der Waals surface area contributed by atoms with E-state index in [1.54, 1.807) is 0 Å². The second-order valence-corrected chi connectivity index (χ2v) is 5.21. The summed E-state index contributed by atoms with van der Waals surface area (Å²) in [5.41, 5.74) is 8.22. The number of pyridine rings is 1. The van der Waals surface area contributed by atoms with Crippen LogP contribution >= 0.6 is 0 Å². The van der Waals surface area contributed by atoms with Gasteiger partial charge in [0.2, 0.25) is 0 Å². The topological polar surface area (TPSA) is 42.1 Å². The third-order valence-corrected chi connectivity index (χ3v) is 3.47. The van der Waals surface area contributed by atoms with E-state index in [1.165, 1.54) is 12.8 Å². The average molecular weight is 219 g/mol. The maximum atomic E-state index is 5.79. The minimum absolute atomic E-state index is 0.213. The predicted molar refractivity (Wildman–Crippen MR) is 67.5 cm³/mol. The Morgan fingerprint density at radius 1 is 1.44 bits per heavy atom. The molecule has 0 unspecified atom stereocenters. The first-order valence-electron chi connectivity index (χ1n) is 5.99. The lowest BCUT2D eigenvalue weighted by atomic mass is 10.0. The minimum Gasteiger partial charge on any atom is -0.351 e. The van der Waals surface area contributed by atoms with Gasteiger partial charge >= 0.3 is 0 Å². The van der Waals surface area contributed by atoms with Gasteiger partial charge in [-0.05, 0) is 39.7 Å². The van der Waals surface area contributed by atoms with E-state index in [2.05, 4.69) is 29.8 Å². The van der Waals surface area contributed by atoms with Gasteiger partial charge in [0.05, 0.1) is 0 Å². The SMILES string of the molecule is Cc1ccc(CN)c(N2CCCC2(C)C)n1. The molecule has 3 nitrogen and oxygen atoms in total. The van der Waals surface area contributed by atoms with Crippen molar-refractivity contribution in [1.82, 2.24) is 4.98 Å². The molecule has 2 N–H and O–H groups in total. The Bertz CT molecular complexity index is 385. The molecule has 0 spiro atoms. The van der Waals surface area contributed by atoms with Crippen molar-refractivity contribution < 1.29 is 0 Å². The lowest BCUT2D eigenvalue weighted by molar-refractivity contribution is 0.512. The molecule has 0 saturated carbocycles. The number of hydrogen-bond donors (Lipinski definition) is 1. The van der Waals surface area contributed by atoms with E-state index in [0.29, 0.717) is 6.54 Å². The summed E-state index contributed by atoms with van der Waals surface area (Å²) < 4.78 is 0. The van der Waals surface area contributed by atoms with Crippen molar-refractivity contribution in [3.05, 3.63) is 23.4 Å². The first-order valence-corrected chi connectivity index (χ1v) is 5.99. The van der Waals surface area contributed by atoms with Crippen molar-refractivity contribution in [3.63, 3.8) is 0 Å². The van der Waals surface area contributed by atoms with E-state index < -0.39 is 0 Å². The largest absolute Gasteiger partial charge is 0.351 e. The molecule has 0 aliphatic carbocycles. The Kier molecular flexibility index (Phi) is 2.89. The molecule has 3 heteroatoms. The number of rotatable bonds is 2. The molecule has 88 valence electrons. The summed E-state index contributed by atoms with van der Waals surface area (Å²) in [6, 6.07) is 4.14. The van der Waals surface area contributed by atoms with Crippen molar-refractivity contribution >= 4 is 5.82 Å². The number of nitrogens with two attached hydrogens (primary N) is 1. The molecule has 0 amide bonds. The van der Waals surface area contributed by atoms with Crippen molar-refractivity contribution in [1.29, 1.82) is 0 Å². The van der Waals surface area contributed by atoms with Crippen LogP contribution in [0.5, 0.6) is 0 Å². The molecule has 2 heterocycles. The number of nitrogens with zero attached hydrogens (tertiary/aromatic N) is 2. The molecule has 0 bridgehead atoms. The van der Waals surface area contributed by atoms with Gasteiger partial charge in [0.15, 0.2) is 0 Å². The molecule has 1 aliphatic heterocycles. The van der Waals surface area contributed by atoms with Crippen LogP contribution in [0.15, 0.2) is 12.1 Å². The van der Waals surface area contributed by atoms with Crippen molar-refractivity contribution in [3.8, 4) is 0 Å². The first-order chi connectivity index (χ1) is 7.54. The molecule has 0 aromatic carbocycles. The van der Waals surface area contributed by atoms with Crippen LogP contribution in [0, 0.1) is 6.92 Å². The van der Waals surface area contributed by atoms with Crippen LogP contribution in [0.2, 0.25) is 0 Å². The normalized spacial score (nSPS) is 19.1. The van der Waals surface area contributed by atoms with E-state index in [9.17, 15) is 0 Å². The van der Waals surface area contributed by atoms with Crippen LogP contribution in [-0.2, 0) is 6.54 Å². The highest BCUT2D eigenvalue weighted by Crippen LogP contribution is 2.34. The highest BCUT2D eigenvalue weighted by atomic mass is 15.3. The van der Waals surface area contributed by atoms with Crippen LogP contribution in [-0.4, -0.2) is 17.1 Å². The van der Waals surface area contributed by atoms with E-state index in [1.807, 2.05) is 13.0 Å². The molecule has 1 aromatic rings. The van der Waals surface area contributed by atoms with E-state index in [-0.39, 0.29) is 5.54 Å². The number of aromatic nitrogens is 1. The van der Waals surface area contributed by atoms with Crippen LogP contribution in [0.1, 0.15) is 37.9 Å². The van der Waals surface area contributed by atoms with Gasteiger partial charge in [-0.3, -0.25) is 0 Å². The second kappa shape index (κ2) is 4.06. The third-order valence-electron chi connectivity index (χ3n) is 3.47. The molecule has 1 fully saturated rings. The average Bonchev–Trinajstić information content (AvgIpc) is 2.58. The summed E-state index contributed by atoms with van der Waals surface area (Å²) in [6.45, 7) is 8.26. The Labute approximate surface area is 97.7 Å². The Morgan fingerprint density at radius 3 is 2.75 bits per heavy atom. The van der Waals surface area contributed by atoms with Crippen LogP contribution < -0.4 is 10.6 Å². The zero-order valence-corrected chi connectivity index (χ0v) is 10.5. The van der Waals surface area contributed by atoms with Gasteiger partial charge in [-0.25, -0.2) is 4.98 Å². The maximum Gasteiger partial charge on any atom is 0.133 e. The van der Waals surface area contributed by atoms with Crippen molar-refractivity contribution in [2.45, 2.75) is 45.7 Å². The summed E-state index contributed by atoms with van der Waals surface area (Å²) in [5, 5.41) is 0. The summed E-state index contributed by atoms with van der Waals surface area (Å²) >= 11 is 0. The molecular formula is C13H21N3. The highest BCUT2D eigenvalue weighted by Gasteiger charge is 2.33. The van der Waals surface area contributed by atoms with Crippen LogP contribution in [0.25, 0.3) is 0 Å². The highest BCUT2D eigenvalue weighted by molar-refractivity contribution is 5.51. The van der Waals surface area contributed by atoms with Crippen molar-refractivity contribution in [2.24, 2.45) is 5.73 Å². The molecule has 1 aliphatic rings. The standard InChI is InChI=1S/C13H21N3/c1-10-5-6-11(9-14)12(15-10)16-8-4-7-13(16,2)3/h5-6H,4,7-9,14H2,1-3H3. The van der Waals surface area contributed by atoms with Crippen LogP contribution in [0.4, 0.5) is 5.82 Å². The molecule has 1 saturated heterocycles. The second-order valence-electron chi connectivity index (χ2n) is 5.21. The molecule has 16 heavy (non-hydrogen) atoms. The lowest BCUT2D eigenvalue weighted by Gasteiger charge is -2.34. The van der Waals surface area contributed by atoms with E-state index in [4.69, 9.17) is 5.73 Å². The fourth-order valence-corrected chi connectivity index (χ4v) is 2.46.